The SMILES string of the molecule is COC(=O)c1sccc1S(=O)(=O)NCc1ccc2c(c1)CNC2. The Labute approximate surface area is 138 Å². The van der Waals surface area contributed by atoms with Gasteiger partial charge in [0.05, 0.1) is 7.11 Å². The molecule has 0 fully saturated rings. The van der Waals surface area contributed by atoms with Gasteiger partial charge in [-0.25, -0.2) is 17.9 Å². The van der Waals surface area contributed by atoms with E-state index >= 15 is 0 Å². The summed E-state index contributed by atoms with van der Waals surface area (Å²) in [5, 5.41) is 4.80. The second-order valence-electron chi connectivity index (χ2n) is 5.14. The Morgan fingerprint density at radius 3 is 2.87 bits per heavy atom. The molecule has 1 aromatic heterocycles. The van der Waals surface area contributed by atoms with Crippen LogP contribution in [-0.4, -0.2) is 21.5 Å². The molecule has 2 N–H and O–H groups in total. The van der Waals surface area contributed by atoms with Crippen molar-refractivity contribution >= 4 is 27.3 Å². The maximum Gasteiger partial charge on any atom is 0.349 e. The van der Waals surface area contributed by atoms with Crippen LogP contribution in [0.25, 0.3) is 0 Å². The minimum Gasteiger partial charge on any atom is -0.465 e. The molecule has 0 unspecified atom stereocenters. The van der Waals surface area contributed by atoms with Crippen LogP contribution in [0.2, 0.25) is 0 Å². The molecule has 0 atom stereocenters. The van der Waals surface area contributed by atoms with Crippen LogP contribution >= 0.6 is 11.3 Å². The summed E-state index contributed by atoms with van der Waals surface area (Å²) in [6.07, 6.45) is 0. The summed E-state index contributed by atoms with van der Waals surface area (Å²) in [5.41, 5.74) is 3.31. The molecule has 0 aliphatic carbocycles. The Hall–Kier alpha value is -1.74. The van der Waals surface area contributed by atoms with Crippen molar-refractivity contribution in [1.82, 2.24) is 10.0 Å². The lowest BCUT2D eigenvalue weighted by Gasteiger charge is -2.08. The van der Waals surface area contributed by atoms with Gasteiger partial charge >= 0.3 is 5.97 Å². The average molecular weight is 352 g/mol. The topological polar surface area (TPSA) is 84.5 Å². The molecule has 1 aromatic carbocycles. The molecule has 122 valence electrons. The predicted molar refractivity (Wildman–Crippen MR) is 86.7 cm³/mol. The average Bonchev–Trinajstić information content (AvgIpc) is 3.20. The van der Waals surface area contributed by atoms with Crippen LogP contribution in [0.1, 0.15) is 26.4 Å². The molecular weight excluding hydrogens is 336 g/mol. The highest BCUT2D eigenvalue weighted by molar-refractivity contribution is 7.89. The van der Waals surface area contributed by atoms with Crippen LogP contribution in [0.5, 0.6) is 0 Å². The van der Waals surface area contributed by atoms with Gasteiger partial charge in [0.25, 0.3) is 0 Å². The Morgan fingerprint density at radius 2 is 2.09 bits per heavy atom. The Kier molecular flexibility index (Phi) is 4.49. The number of fused-ring (bicyclic) bond motifs is 1. The van der Waals surface area contributed by atoms with E-state index in [-0.39, 0.29) is 16.3 Å². The highest BCUT2D eigenvalue weighted by Crippen LogP contribution is 2.23. The molecule has 2 aromatic rings. The van der Waals surface area contributed by atoms with Gasteiger partial charge in [-0.2, -0.15) is 0 Å². The number of rotatable bonds is 5. The Bertz CT molecular complexity index is 843. The van der Waals surface area contributed by atoms with Gasteiger partial charge in [0, 0.05) is 19.6 Å². The van der Waals surface area contributed by atoms with Gasteiger partial charge in [-0.05, 0) is 28.1 Å². The van der Waals surface area contributed by atoms with Crippen molar-refractivity contribution in [3.63, 3.8) is 0 Å². The van der Waals surface area contributed by atoms with Gasteiger partial charge in [0.1, 0.15) is 9.77 Å². The number of hydrogen-bond acceptors (Lipinski definition) is 6. The predicted octanol–water partition coefficient (Wildman–Crippen LogP) is 1.62. The fourth-order valence-corrected chi connectivity index (χ4v) is 4.82. The van der Waals surface area contributed by atoms with Crippen LogP contribution in [0, 0.1) is 0 Å². The van der Waals surface area contributed by atoms with Gasteiger partial charge in [-0.1, -0.05) is 18.2 Å². The van der Waals surface area contributed by atoms with Crippen molar-refractivity contribution in [2.75, 3.05) is 7.11 Å². The summed E-state index contributed by atoms with van der Waals surface area (Å²) < 4.78 is 32.0. The van der Waals surface area contributed by atoms with Crippen molar-refractivity contribution in [3.05, 3.63) is 51.2 Å². The van der Waals surface area contributed by atoms with Gasteiger partial charge < -0.3 is 10.1 Å². The Balaban J connectivity index is 1.77. The number of ether oxygens (including phenoxy) is 1. The first-order valence-corrected chi connectivity index (χ1v) is 9.34. The highest BCUT2D eigenvalue weighted by atomic mass is 32.2. The standard InChI is InChI=1S/C15H16N2O4S2/c1-21-15(18)14-13(4-5-22-14)23(19,20)17-7-10-2-3-11-8-16-9-12(11)6-10/h2-6,16-17H,7-9H2,1H3. The minimum atomic E-state index is -3.77. The van der Waals surface area contributed by atoms with E-state index in [4.69, 9.17) is 0 Å². The first-order valence-electron chi connectivity index (χ1n) is 6.98. The van der Waals surface area contributed by atoms with Gasteiger partial charge in [0.15, 0.2) is 0 Å². The van der Waals surface area contributed by atoms with Gasteiger partial charge in [0.2, 0.25) is 10.0 Å². The van der Waals surface area contributed by atoms with E-state index in [0.29, 0.717) is 0 Å². The molecule has 1 aliphatic heterocycles. The van der Waals surface area contributed by atoms with Crippen molar-refractivity contribution in [2.45, 2.75) is 24.5 Å². The van der Waals surface area contributed by atoms with E-state index in [1.807, 2.05) is 18.2 Å². The van der Waals surface area contributed by atoms with Crippen LogP contribution in [0.15, 0.2) is 34.5 Å². The molecule has 0 bridgehead atoms. The summed E-state index contributed by atoms with van der Waals surface area (Å²) in [5.74, 6) is -0.649. The van der Waals surface area contributed by atoms with E-state index in [2.05, 4.69) is 14.8 Å². The molecule has 0 saturated heterocycles. The zero-order chi connectivity index (χ0) is 16.4. The normalized spacial score (nSPS) is 13.8. The fourth-order valence-electron chi connectivity index (χ4n) is 2.46. The van der Waals surface area contributed by atoms with Crippen LogP contribution in [0.4, 0.5) is 0 Å². The minimum absolute atomic E-state index is 0.0443. The molecule has 2 heterocycles. The second kappa shape index (κ2) is 6.40. The number of nitrogens with one attached hydrogen (secondary N) is 2. The number of thiophene rings is 1. The number of esters is 1. The molecule has 0 amide bonds. The zero-order valence-corrected chi connectivity index (χ0v) is 14.1. The van der Waals surface area contributed by atoms with Crippen molar-refractivity contribution < 1.29 is 17.9 Å². The highest BCUT2D eigenvalue weighted by Gasteiger charge is 2.24. The van der Waals surface area contributed by atoms with Crippen LogP contribution in [-0.2, 0) is 34.4 Å². The third-order valence-electron chi connectivity index (χ3n) is 3.66. The number of methoxy groups -OCH3 is 1. The van der Waals surface area contributed by atoms with Crippen molar-refractivity contribution in [3.8, 4) is 0 Å². The van der Waals surface area contributed by atoms with Crippen molar-refractivity contribution in [1.29, 1.82) is 0 Å². The number of benzene rings is 1. The third-order valence-corrected chi connectivity index (χ3v) is 6.12. The van der Waals surface area contributed by atoms with Crippen LogP contribution in [0.3, 0.4) is 0 Å². The van der Waals surface area contributed by atoms with E-state index < -0.39 is 16.0 Å². The molecule has 0 radical (unpaired) electrons. The maximum absolute atomic E-state index is 12.4. The molecule has 23 heavy (non-hydrogen) atoms. The van der Waals surface area contributed by atoms with E-state index in [1.54, 1.807) is 5.38 Å². The van der Waals surface area contributed by atoms with Crippen LogP contribution < -0.4 is 10.0 Å². The summed E-state index contributed by atoms with van der Waals surface area (Å²) in [7, 11) is -2.54. The molecule has 6 nitrogen and oxygen atoms in total. The zero-order valence-electron chi connectivity index (χ0n) is 12.5. The lowest BCUT2D eigenvalue weighted by Crippen LogP contribution is -2.24. The third kappa shape index (κ3) is 3.30. The van der Waals surface area contributed by atoms with Crippen molar-refractivity contribution in [2.24, 2.45) is 0 Å². The second-order valence-corrected chi connectivity index (χ2v) is 7.79. The van der Waals surface area contributed by atoms with E-state index in [0.717, 1.165) is 30.0 Å². The Morgan fingerprint density at radius 1 is 1.30 bits per heavy atom. The summed E-state index contributed by atoms with van der Waals surface area (Å²) in [6, 6.07) is 7.31. The molecule has 3 rings (SSSR count). The molecular formula is C15H16N2O4S2. The maximum atomic E-state index is 12.4. The van der Waals surface area contributed by atoms with Gasteiger partial charge in [-0.3, -0.25) is 0 Å². The fraction of sp³-hybridized carbons (Fsp3) is 0.267. The first kappa shape index (κ1) is 16.1. The monoisotopic (exact) mass is 352 g/mol. The lowest BCUT2D eigenvalue weighted by atomic mass is 10.1. The summed E-state index contributed by atoms with van der Waals surface area (Å²) >= 11 is 1.05. The number of carbonyl (C=O) groups is 1. The quantitative estimate of drug-likeness (QED) is 0.799. The van der Waals surface area contributed by atoms with E-state index in [9.17, 15) is 13.2 Å². The molecule has 0 spiro atoms. The number of sulfonamides is 1. The molecule has 1 aliphatic rings. The van der Waals surface area contributed by atoms with Gasteiger partial charge in [-0.15, -0.1) is 11.3 Å². The smallest absolute Gasteiger partial charge is 0.349 e. The first-order chi connectivity index (χ1) is 11.0. The summed E-state index contributed by atoms with van der Waals surface area (Å²) in [6.45, 7) is 1.82. The molecule has 8 heteroatoms. The summed E-state index contributed by atoms with van der Waals surface area (Å²) in [4.78, 5) is 11.7. The van der Waals surface area contributed by atoms with E-state index in [1.165, 1.54) is 24.3 Å². The molecule has 0 saturated carbocycles. The number of carbonyl (C=O) groups excluding carboxylic acids is 1. The number of hydrogen-bond donors (Lipinski definition) is 2. The largest absolute Gasteiger partial charge is 0.465 e. The lowest BCUT2D eigenvalue weighted by molar-refractivity contribution is 0.0602.